The predicted octanol–water partition coefficient (Wildman–Crippen LogP) is -0.305. The molecular weight excluding hydrogens is 244 g/mol. The summed E-state index contributed by atoms with van der Waals surface area (Å²) in [5.74, 6) is -1.86. The molecule has 1 aliphatic carbocycles. The summed E-state index contributed by atoms with van der Waals surface area (Å²) in [5.41, 5.74) is 0. The zero-order valence-electron chi connectivity index (χ0n) is 9.42. The third-order valence-electron chi connectivity index (χ3n) is 3.36. The number of nitrogens with one attached hydrogen (secondary N) is 1. The van der Waals surface area contributed by atoms with E-state index in [4.69, 9.17) is 5.11 Å². The number of nitrogens with zero attached hydrogens (tertiary/aromatic N) is 1. The third-order valence-corrected chi connectivity index (χ3v) is 5.56. The highest BCUT2D eigenvalue weighted by Crippen LogP contribution is 2.35. The van der Waals surface area contributed by atoms with Gasteiger partial charge in [0.05, 0.1) is 21.6 Å². The van der Waals surface area contributed by atoms with Crippen LogP contribution in [0.25, 0.3) is 0 Å². The van der Waals surface area contributed by atoms with E-state index in [1.165, 1.54) is 0 Å². The van der Waals surface area contributed by atoms with Crippen molar-refractivity contribution in [2.75, 3.05) is 24.6 Å². The summed E-state index contributed by atoms with van der Waals surface area (Å²) in [7, 11) is -2.44. The summed E-state index contributed by atoms with van der Waals surface area (Å²) < 4.78 is 16.0. The summed E-state index contributed by atoms with van der Waals surface area (Å²) >= 11 is 0. The lowest BCUT2D eigenvalue weighted by Crippen LogP contribution is -2.40. The zero-order valence-corrected chi connectivity index (χ0v) is 10.2. The minimum atomic E-state index is -2.44. The highest BCUT2D eigenvalue weighted by atomic mass is 32.2. The number of aliphatic carboxylic acids is 1. The Morgan fingerprint density at radius 1 is 1.18 bits per heavy atom. The van der Waals surface area contributed by atoms with E-state index in [1.807, 2.05) is 0 Å². The molecule has 2 N–H and O–H groups in total. The Balaban J connectivity index is 2.08. The number of carbonyl (C=O) groups excluding carboxylic acids is 1. The van der Waals surface area contributed by atoms with Crippen LogP contribution in [-0.4, -0.2) is 45.8 Å². The van der Waals surface area contributed by atoms with E-state index in [0.717, 1.165) is 0 Å². The molecule has 0 aromatic rings. The molecule has 1 saturated carbocycles. The zero-order chi connectivity index (χ0) is 12.5. The standard InChI is InChI=1S/C10H16N2O4S/c13-9(7-1-2-8(7)10(14)15)12-17(16)5-3-11-4-6-17/h7-8,11H,1-6H2,(H,14,15). The van der Waals surface area contributed by atoms with E-state index in [1.54, 1.807) is 0 Å². The van der Waals surface area contributed by atoms with Gasteiger partial charge in [-0.1, -0.05) is 0 Å². The van der Waals surface area contributed by atoms with Crippen LogP contribution in [0.2, 0.25) is 0 Å². The van der Waals surface area contributed by atoms with Gasteiger partial charge in [0.1, 0.15) is 0 Å². The summed E-state index contributed by atoms with van der Waals surface area (Å²) in [6.07, 6.45) is 1.07. The van der Waals surface area contributed by atoms with Gasteiger partial charge in [-0.05, 0) is 12.8 Å². The fourth-order valence-electron chi connectivity index (χ4n) is 2.10. The molecule has 2 rings (SSSR count). The molecule has 1 heterocycles. The molecule has 2 aliphatic rings. The lowest BCUT2D eigenvalue weighted by molar-refractivity contribution is -0.151. The first kappa shape index (κ1) is 12.5. The molecule has 2 atom stereocenters. The first-order chi connectivity index (χ1) is 8.02. The van der Waals surface area contributed by atoms with Gasteiger partial charge in [0.25, 0.3) is 5.91 Å². The fourth-order valence-corrected chi connectivity index (χ4v) is 3.88. The van der Waals surface area contributed by atoms with Crippen LogP contribution in [0.15, 0.2) is 4.36 Å². The van der Waals surface area contributed by atoms with E-state index >= 15 is 0 Å². The molecule has 2 unspecified atom stereocenters. The Labute approximate surface area is 100.0 Å². The second-order valence-electron chi connectivity index (χ2n) is 4.49. The van der Waals surface area contributed by atoms with Crippen LogP contribution in [0, 0.1) is 11.8 Å². The van der Waals surface area contributed by atoms with Crippen molar-refractivity contribution in [3.63, 3.8) is 0 Å². The fraction of sp³-hybridized carbons (Fsp3) is 0.800. The molecule has 0 bridgehead atoms. The van der Waals surface area contributed by atoms with Crippen LogP contribution in [0.1, 0.15) is 12.8 Å². The van der Waals surface area contributed by atoms with E-state index in [0.29, 0.717) is 37.4 Å². The summed E-state index contributed by atoms with van der Waals surface area (Å²) in [6, 6.07) is 0. The molecule has 96 valence electrons. The van der Waals surface area contributed by atoms with Crippen molar-refractivity contribution in [3.8, 4) is 0 Å². The van der Waals surface area contributed by atoms with Crippen LogP contribution in [0.3, 0.4) is 0 Å². The maximum absolute atomic E-state index is 12.2. The molecule has 17 heavy (non-hydrogen) atoms. The van der Waals surface area contributed by atoms with Gasteiger partial charge < -0.3 is 10.4 Å². The van der Waals surface area contributed by atoms with Crippen LogP contribution in [0.5, 0.6) is 0 Å². The lowest BCUT2D eigenvalue weighted by atomic mass is 9.73. The third kappa shape index (κ3) is 2.66. The Hall–Kier alpha value is -0.950. The molecule has 2 fully saturated rings. The van der Waals surface area contributed by atoms with Gasteiger partial charge in [-0.25, -0.2) is 4.21 Å². The highest BCUT2D eigenvalue weighted by Gasteiger charge is 2.41. The first-order valence-corrected chi connectivity index (χ1v) is 7.57. The Bertz CT molecular complexity index is 441. The molecule has 1 amide bonds. The van der Waals surface area contributed by atoms with Gasteiger partial charge in [-0.15, -0.1) is 0 Å². The number of rotatable bonds is 2. The molecule has 1 aliphatic heterocycles. The van der Waals surface area contributed by atoms with Gasteiger partial charge in [0, 0.05) is 24.6 Å². The maximum Gasteiger partial charge on any atom is 0.307 e. The topological polar surface area (TPSA) is 95.8 Å². The highest BCUT2D eigenvalue weighted by molar-refractivity contribution is 7.94. The van der Waals surface area contributed by atoms with Gasteiger partial charge in [0.15, 0.2) is 0 Å². The lowest BCUT2D eigenvalue weighted by Gasteiger charge is -2.30. The molecule has 0 aromatic carbocycles. The summed E-state index contributed by atoms with van der Waals surface area (Å²) in [5, 5.41) is 11.9. The molecule has 0 radical (unpaired) electrons. The molecular formula is C10H16N2O4S. The van der Waals surface area contributed by atoms with E-state index in [2.05, 4.69) is 9.68 Å². The monoisotopic (exact) mass is 260 g/mol. The average molecular weight is 260 g/mol. The average Bonchev–Trinajstić information content (AvgIpc) is 2.14. The van der Waals surface area contributed by atoms with Crippen LogP contribution in [0.4, 0.5) is 0 Å². The smallest absolute Gasteiger partial charge is 0.307 e. The predicted molar refractivity (Wildman–Crippen MR) is 62.0 cm³/mol. The minimum absolute atomic E-state index is 0.378. The van der Waals surface area contributed by atoms with Crippen LogP contribution in [-0.2, 0) is 19.3 Å². The SMILES string of the molecule is O=C(O)C1CCC1C(=O)N=S1(=O)CCNCC1. The second kappa shape index (κ2) is 4.73. The molecule has 0 spiro atoms. The van der Waals surface area contributed by atoms with E-state index in [9.17, 15) is 13.8 Å². The summed E-state index contributed by atoms with van der Waals surface area (Å²) in [6.45, 7) is 1.20. The summed E-state index contributed by atoms with van der Waals surface area (Å²) in [4.78, 5) is 22.6. The van der Waals surface area contributed by atoms with Crippen molar-refractivity contribution in [3.05, 3.63) is 0 Å². The Kier molecular flexibility index (Phi) is 3.48. The number of hydrogen-bond acceptors (Lipinski definition) is 4. The quantitative estimate of drug-likeness (QED) is 0.710. The molecule has 1 saturated heterocycles. The number of carboxylic acids is 1. The molecule has 6 nitrogen and oxygen atoms in total. The normalized spacial score (nSPS) is 31.3. The molecule has 0 aromatic heterocycles. The van der Waals surface area contributed by atoms with Gasteiger partial charge in [-0.3, -0.25) is 9.59 Å². The van der Waals surface area contributed by atoms with Gasteiger partial charge in [0.2, 0.25) is 0 Å². The van der Waals surface area contributed by atoms with Crippen LogP contribution < -0.4 is 5.32 Å². The van der Waals surface area contributed by atoms with E-state index < -0.39 is 33.4 Å². The number of carboxylic acid groups (broad SMARTS) is 1. The van der Waals surface area contributed by atoms with Crippen molar-refractivity contribution in [2.24, 2.45) is 16.2 Å². The minimum Gasteiger partial charge on any atom is -0.481 e. The van der Waals surface area contributed by atoms with Crippen molar-refractivity contribution >= 4 is 21.6 Å². The van der Waals surface area contributed by atoms with Gasteiger partial charge >= 0.3 is 5.97 Å². The van der Waals surface area contributed by atoms with Crippen molar-refractivity contribution in [1.29, 1.82) is 0 Å². The number of carbonyl (C=O) groups is 2. The number of amides is 1. The van der Waals surface area contributed by atoms with Crippen molar-refractivity contribution in [2.45, 2.75) is 12.8 Å². The van der Waals surface area contributed by atoms with Crippen molar-refractivity contribution in [1.82, 2.24) is 5.32 Å². The number of hydrogen-bond donors (Lipinski definition) is 2. The maximum atomic E-state index is 12.2. The second-order valence-corrected chi connectivity index (χ2v) is 7.03. The first-order valence-electron chi connectivity index (χ1n) is 5.72. The van der Waals surface area contributed by atoms with E-state index in [-0.39, 0.29) is 0 Å². The molecule has 7 heteroatoms. The Morgan fingerprint density at radius 3 is 2.24 bits per heavy atom. The van der Waals surface area contributed by atoms with Crippen molar-refractivity contribution < 1.29 is 18.9 Å². The van der Waals surface area contributed by atoms with Gasteiger partial charge in [-0.2, -0.15) is 4.36 Å². The largest absolute Gasteiger partial charge is 0.481 e. The van der Waals surface area contributed by atoms with Crippen LogP contribution >= 0.6 is 0 Å². The Morgan fingerprint density at radius 2 is 1.76 bits per heavy atom.